The van der Waals surface area contributed by atoms with Gasteiger partial charge in [0.05, 0.1) is 10.6 Å². The Morgan fingerprint density at radius 2 is 1.51 bits per heavy atom. The number of rotatable bonds is 14. The molecule has 1 unspecified atom stereocenters. The standard InChI is InChI=1S/C28H43N3O4S2/c1-23-10-14-27(15-11-23)31(36(32)33)25(3)18-21-30(22-26-8-5-4-6-9-26)20-7-19-29-37(34,35)28-16-12-24(2)13-17-28/h10-17,25-26,29,36H,4-9,18-22H2,1-3H3. The molecule has 0 aliphatic heterocycles. The Kier molecular flexibility index (Phi) is 11.4. The van der Waals surface area contributed by atoms with E-state index >= 15 is 0 Å². The van der Waals surface area contributed by atoms with Crippen molar-refractivity contribution < 1.29 is 16.8 Å². The molecule has 0 spiro atoms. The maximum atomic E-state index is 12.6. The normalized spacial score (nSPS) is 15.8. The Hall–Kier alpha value is -1.94. The number of nitrogens with zero attached hydrogens (tertiary/aromatic N) is 2. The Labute approximate surface area is 225 Å². The maximum absolute atomic E-state index is 12.6. The SMILES string of the molecule is Cc1ccc(N(C(C)CCN(CCCNS(=O)(=O)c2ccc(C)cc2)CC2CCCCC2)[SH](=O)=O)cc1. The third-order valence-electron chi connectivity index (χ3n) is 7.27. The molecule has 0 aromatic heterocycles. The number of nitrogens with one attached hydrogen (secondary N) is 1. The van der Waals surface area contributed by atoms with Crippen LogP contribution in [0, 0.1) is 19.8 Å². The van der Waals surface area contributed by atoms with E-state index in [-0.39, 0.29) is 10.9 Å². The molecule has 2 aromatic carbocycles. The number of hydrogen-bond acceptors (Lipinski definition) is 5. The second-order valence-electron chi connectivity index (χ2n) is 10.4. The van der Waals surface area contributed by atoms with Crippen molar-refractivity contribution in [2.45, 2.75) is 76.7 Å². The van der Waals surface area contributed by atoms with Gasteiger partial charge in [0, 0.05) is 25.7 Å². The molecule has 0 radical (unpaired) electrons. The largest absolute Gasteiger partial charge is 0.303 e. The predicted octanol–water partition coefficient (Wildman–Crippen LogP) is 4.67. The van der Waals surface area contributed by atoms with Crippen LogP contribution >= 0.6 is 0 Å². The van der Waals surface area contributed by atoms with Crippen LogP contribution in [-0.2, 0) is 20.9 Å². The molecule has 1 fully saturated rings. The van der Waals surface area contributed by atoms with Gasteiger partial charge in [0.2, 0.25) is 20.9 Å². The summed E-state index contributed by atoms with van der Waals surface area (Å²) >= 11 is 0. The molecule has 206 valence electrons. The highest BCUT2D eigenvalue weighted by Gasteiger charge is 2.21. The van der Waals surface area contributed by atoms with Crippen LogP contribution < -0.4 is 9.03 Å². The minimum atomic E-state index is -3.52. The first kappa shape index (κ1) is 29.6. The number of aryl methyl sites for hydroxylation is 2. The summed E-state index contributed by atoms with van der Waals surface area (Å²) in [6, 6.07) is 14.3. The number of hydrogen-bond donors (Lipinski definition) is 2. The second kappa shape index (κ2) is 14.3. The van der Waals surface area contributed by atoms with E-state index in [0.717, 1.165) is 30.8 Å². The van der Waals surface area contributed by atoms with Gasteiger partial charge in [0.25, 0.3) is 0 Å². The molecule has 3 rings (SSSR count). The van der Waals surface area contributed by atoms with Gasteiger partial charge in [-0.2, -0.15) is 0 Å². The third kappa shape index (κ3) is 9.39. The molecule has 1 saturated carbocycles. The second-order valence-corrected chi connectivity index (χ2v) is 13.1. The van der Waals surface area contributed by atoms with Gasteiger partial charge >= 0.3 is 0 Å². The summed E-state index contributed by atoms with van der Waals surface area (Å²) in [5.74, 6) is 0.651. The zero-order valence-electron chi connectivity index (χ0n) is 22.4. The summed E-state index contributed by atoms with van der Waals surface area (Å²) in [7, 11) is -6.27. The van der Waals surface area contributed by atoms with Crippen molar-refractivity contribution in [2.24, 2.45) is 5.92 Å². The highest BCUT2D eigenvalue weighted by atomic mass is 32.2. The van der Waals surface area contributed by atoms with Gasteiger partial charge in [0.15, 0.2) is 0 Å². The summed E-state index contributed by atoms with van der Waals surface area (Å²) in [5, 5.41) is 0. The summed E-state index contributed by atoms with van der Waals surface area (Å²) in [6.07, 6.45) is 7.70. The zero-order valence-corrected chi connectivity index (χ0v) is 24.1. The molecule has 1 N–H and O–H groups in total. The van der Waals surface area contributed by atoms with Crippen molar-refractivity contribution in [3.8, 4) is 0 Å². The molecular formula is C28H43N3O4S2. The average molecular weight is 550 g/mol. The molecule has 0 heterocycles. The first-order valence-electron chi connectivity index (χ1n) is 13.4. The van der Waals surface area contributed by atoms with Crippen molar-refractivity contribution in [2.75, 3.05) is 30.5 Å². The van der Waals surface area contributed by atoms with Gasteiger partial charge in [-0.25, -0.2) is 21.6 Å². The Morgan fingerprint density at radius 1 is 0.919 bits per heavy atom. The van der Waals surface area contributed by atoms with E-state index < -0.39 is 20.9 Å². The molecule has 1 aliphatic carbocycles. The highest BCUT2D eigenvalue weighted by molar-refractivity contribution is 7.89. The minimum absolute atomic E-state index is 0.169. The number of anilines is 1. The van der Waals surface area contributed by atoms with Crippen LogP contribution in [0.1, 0.15) is 63.0 Å². The van der Waals surface area contributed by atoms with Crippen LogP contribution in [-0.4, -0.2) is 54.0 Å². The fraction of sp³-hybridized carbons (Fsp3) is 0.571. The average Bonchev–Trinajstić information content (AvgIpc) is 2.87. The fourth-order valence-corrected chi connectivity index (χ4v) is 6.87. The Balaban J connectivity index is 1.58. The van der Waals surface area contributed by atoms with Crippen molar-refractivity contribution in [1.82, 2.24) is 9.62 Å². The molecule has 1 atom stereocenters. The lowest BCUT2D eigenvalue weighted by atomic mass is 9.89. The van der Waals surface area contributed by atoms with E-state index in [1.807, 2.05) is 45.0 Å². The molecule has 0 saturated heterocycles. The number of benzene rings is 2. The van der Waals surface area contributed by atoms with Crippen LogP contribution in [0.5, 0.6) is 0 Å². The van der Waals surface area contributed by atoms with Gasteiger partial charge < -0.3 is 4.90 Å². The van der Waals surface area contributed by atoms with Gasteiger partial charge in [-0.05, 0) is 83.2 Å². The van der Waals surface area contributed by atoms with Crippen molar-refractivity contribution >= 4 is 26.6 Å². The summed E-state index contributed by atoms with van der Waals surface area (Å²) in [6.45, 7) is 8.76. The summed E-state index contributed by atoms with van der Waals surface area (Å²) < 4.78 is 53.7. The van der Waals surface area contributed by atoms with Crippen LogP contribution in [0.15, 0.2) is 53.4 Å². The lowest BCUT2D eigenvalue weighted by Gasteiger charge is -2.32. The van der Waals surface area contributed by atoms with Crippen molar-refractivity contribution in [1.29, 1.82) is 0 Å². The molecule has 9 heteroatoms. The minimum Gasteiger partial charge on any atom is -0.303 e. The summed E-state index contributed by atoms with van der Waals surface area (Å²) in [4.78, 5) is 2.69. The van der Waals surface area contributed by atoms with Crippen molar-refractivity contribution in [3.63, 3.8) is 0 Å². The maximum Gasteiger partial charge on any atom is 0.240 e. The monoisotopic (exact) mass is 549 g/mol. The lowest BCUT2D eigenvalue weighted by molar-refractivity contribution is 0.195. The van der Waals surface area contributed by atoms with Crippen LogP contribution in [0.2, 0.25) is 0 Å². The molecule has 37 heavy (non-hydrogen) atoms. The molecule has 2 aromatic rings. The Morgan fingerprint density at radius 3 is 2.11 bits per heavy atom. The van der Waals surface area contributed by atoms with E-state index in [0.29, 0.717) is 31.0 Å². The van der Waals surface area contributed by atoms with E-state index in [4.69, 9.17) is 0 Å². The summed E-state index contributed by atoms with van der Waals surface area (Å²) in [5.41, 5.74) is 2.81. The Bertz CT molecular complexity index is 1130. The first-order valence-corrected chi connectivity index (χ1v) is 16.1. The molecular weight excluding hydrogens is 506 g/mol. The molecule has 1 aliphatic rings. The number of thiol groups is 1. The van der Waals surface area contributed by atoms with Gasteiger partial charge in [-0.15, -0.1) is 0 Å². The van der Waals surface area contributed by atoms with E-state index in [9.17, 15) is 16.8 Å². The van der Waals surface area contributed by atoms with Crippen LogP contribution in [0.4, 0.5) is 5.69 Å². The zero-order chi connectivity index (χ0) is 26.8. The van der Waals surface area contributed by atoms with E-state index in [1.54, 1.807) is 24.3 Å². The van der Waals surface area contributed by atoms with E-state index in [2.05, 4.69) is 9.62 Å². The highest BCUT2D eigenvalue weighted by Crippen LogP contribution is 2.25. The van der Waals surface area contributed by atoms with Gasteiger partial charge in [0.1, 0.15) is 0 Å². The smallest absolute Gasteiger partial charge is 0.240 e. The van der Waals surface area contributed by atoms with Gasteiger partial charge in [-0.3, -0.25) is 4.31 Å². The lowest BCUT2D eigenvalue weighted by Crippen LogP contribution is -2.38. The topological polar surface area (TPSA) is 86.8 Å². The van der Waals surface area contributed by atoms with E-state index in [1.165, 1.54) is 36.4 Å². The van der Waals surface area contributed by atoms with Crippen molar-refractivity contribution in [3.05, 3.63) is 59.7 Å². The fourth-order valence-electron chi connectivity index (χ4n) is 5.04. The predicted molar refractivity (Wildman–Crippen MR) is 152 cm³/mol. The third-order valence-corrected chi connectivity index (χ3v) is 9.72. The molecule has 0 amide bonds. The quantitative estimate of drug-likeness (QED) is 0.264. The number of sulfonamides is 1. The molecule has 0 bridgehead atoms. The van der Waals surface area contributed by atoms with Crippen LogP contribution in [0.3, 0.4) is 0 Å². The van der Waals surface area contributed by atoms with Crippen LogP contribution in [0.25, 0.3) is 0 Å². The van der Waals surface area contributed by atoms with Gasteiger partial charge in [-0.1, -0.05) is 54.7 Å². The first-order chi connectivity index (χ1) is 17.7. The molecule has 7 nitrogen and oxygen atoms in total.